The lowest BCUT2D eigenvalue weighted by atomic mass is 10.1. The van der Waals surface area contributed by atoms with Crippen molar-refractivity contribution in [3.05, 3.63) is 57.0 Å². The molecule has 1 saturated heterocycles. The molecule has 1 aromatic rings. The first-order valence-corrected chi connectivity index (χ1v) is 7.48. The zero-order valence-corrected chi connectivity index (χ0v) is 13.3. The van der Waals surface area contributed by atoms with Crippen LogP contribution in [0.1, 0.15) is 5.56 Å². The number of hydrogen-bond donors (Lipinski definition) is 0. The number of imide groups is 1. The van der Waals surface area contributed by atoms with Gasteiger partial charge in [-0.2, -0.15) is 0 Å². The van der Waals surface area contributed by atoms with E-state index < -0.39 is 28.6 Å². The molecule has 1 aliphatic rings. The van der Waals surface area contributed by atoms with Crippen LogP contribution in [0.3, 0.4) is 0 Å². The van der Waals surface area contributed by atoms with Crippen LogP contribution < -0.4 is 0 Å². The standard InChI is InChI=1S/C15H12N2O6S/c1-23-13(18)9-16-14(19)12(24-15(16)20)8-4-6-10-5-2-3-7-11(10)17(21)22/h2-8H,9H2,1H3/b6-4+,12-8+. The summed E-state index contributed by atoms with van der Waals surface area (Å²) < 4.78 is 4.43. The van der Waals surface area contributed by atoms with E-state index in [0.29, 0.717) is 17.3 Å². The van der Waals surface area contributed by atoms with Gasteiger partial charge in [-0.3, -0.25) is 29.4 Å². The molecule has 1 fully saturated rings. The Morgan fingerprint density at radius 1 is 1.38 bits per heavy atom. The van der Waals surface area contributed by atoms with E-state index in [2.05, 4.69) is 4.74 Å². The van der Waals surface area contributed by atoms with Gasteiger partial charge in [0.1, 0.15) is 6.54 Å². The maximum atomic E-state index is 12.1. The number of amides is 2. The Balaban J connectivity index is 2.16. The number of ether oxygens (including phenoxy) is 1. The number of thioether (sulfide) groups is 1. The highest BCUT2D eigenvalue weighted by atomic mass is 32.2. The topological polar surface area (TPSA) is 107 Å². The number of nitro groups is 1. The number of nitrogens with zero attached hydrogens (tertiary/aromatic N) is 2. The van der Waals surface area contributed by atoms with Crippen LogP contribution >= 0.6 is 11.8 Å². The molecule has 1 aliphatic heterocycles. The maximum Gasteiger partial charge on any atom is 0.325 e. The highest BCUT2D eigenvalue weighted by molar-refractivity contribution is 8.18. The molecule has 0 spiro atoms. The zero-order valence-electron chi connectivity index (χ0n) is 12.5. The monoisotopic (exact) mass is 348 g/mol. The summed E-state index contributed by atoms with van der Waals surface area (Å²) >= 11 is 0.686. The minimum atomic E-state index is -0.700. The fourth-order valence-electron chi connectivity index (χ4n) is 1.88. The Hall–Kier alpha value is -2.94. The van der Waals surface area contributed by atoms with Gasteiger partial charge in [-0.15, -0.1) is 0 Å². The van der Waals surface area contributed by atoms with Crippen LogP contribution in [0, 0.1) is 10.1 Å². The van der Waals surface area contributed by atoms with Crippen molar-refractivity contribution in [3.63, 3.8) is 0 Å². The summed E-state index contributed by atoms with van der Waals surface area (Å²) in [6.07, 6.45) is 4.28. The summed E-state index contributed by atoms with van der Waals surface area (Å²) in [5.41, 5.74) is 0.300. The molecule has 124 valence electrons. The molecule has 0 atom stereocenters. The predicted molar refractivity (Wildman–Crippen MR) is 86.9 cm³/mol. The molecule has 8 nitrogen and oxygen atoms in total. The van der Waals surface area contributed by atoms with Crippen molar-refractivity contribution in [2.45, 2.75) is 0 Å². The SMILES string of the molecule is COC(=O)CN1C(=O)S/C(=C/C=C/c2ccccc2[N+](=O)[O-])C1=O. The second kappa shape index (κ2) is 7.55. The Bertz CT molecular complexity index is 771. The Labute approximate surface area is 140 Å². The molecular weight excluding hydrogens is 336 g/mol. The number of carbonyl (C=O) groups excluding carboxylic acids is 3. The van der Waals surface area contributed by atoms with Crippen LogP contribution in [0.25, 0.3) is 6.08 Å². The van der Waals surface area contributed by atoms with Gasteiger partial charge in [-0.1, -0.05) is 18.2 Å². The van der Waals surface area contributed by atoms with E-state index in [4.69, 9.17) is 0 Å². The van der Waals surface area contributed by atoms with Gasteiger partial charge in [-0.05, 0) is 30.0 Å². The van der Waals surface area contributed by atoms with Gasteiger partial charge in [0, 0.05) is 6.07 Å². The van der Waals surface area contributed by atoms with Gasteiger partial charge in [0.25, 0.3) is 16.8 Å². The summed E-state index contributed by atoms with van der Waals surface area (Å²) in [5, 5.41) is 10.3. The molecule has 0 N–H and O–H groups in total. The summed E-state index contributed by atoms with van der Waals surface area (Å²) in [6.45, 7) is -0.452. The molecule has 24 heavy (non-hydrogen) atoms. The molecule has 9 heteroatoms. The Kier molecular flexibility index (Phi) is 5.48. The number of nitro benzene ring substituents is 1. The summed E-state index contributed by atoms with van der Waals surface area (Å²) in [7, 11) is 1.16. The first-order chi connectivity index (χ1) is 11.4. The van der Waals surface area contributed by atoms with Crippen LogP contribution in [-0.2, 0) is 14.3 Å². The van der Waals surface area contributed by atoms with Crippen molar-refractivity contribution in [2.75, 3.05) is 13.7 Å². The second-order valence-electron chi connectivity index (χ2n) is 4.54. The molecule has 0 unspecified atom stereocenters. The van der Waals surface area contributed by atoms with Gasteiger partial charge in [0.05, 0.1) is 22.5 Å². The third-order valence-corrected chi connectivity index (χ3v) is 3.97. The van der Waals surface area contributed by atoms with Gasteiger partial charge in [0.15, 0.2) is 0 Å². The lowest BCUT2D eigenvalue weighted by Crippen LogP contribution is -2.34. The Morgan fingerprint density at radius 3 is 2.75 bits per heavy atom. The first kappa shape index (κ1) is 17.4. The lowest BCUT2D eigenvalue weighted by molar-refractivity contribution is -0.385. The van der Waals surface area contributed by atoms with E-state index >= 15 is 0 Å². The van der Waals surface area contributed by atoms with Crippen molar-refractivity contribution in [1.82, 2.24) is 4.90 Å². The molecule has 1 heterocycles. The van der Waals surface area contributed by atoms with E-state index in [9.17, 15) is 24.5 Å². The van der Waals surface area contributed by atoms with Gasteiger partial charge >= 0.3 is 5.97 Å². The molecule has 0 aromatic heterocycles. The summed E-state index contributed by atoms with van der Waals surface area (Å²) in [4.78, 5) is 46.3. The van der Waals surface area contributed by atoms with E-state index in [1.165, 1.54) is 24.3 Å². The fraction of sp³-hybridized carbons (Fsp3) is 0.133. The molecule has 0 radical (unpaired) electrons. The predicted octanol–water partition coefficient (Wildman–Crippen LogP) is 2.36. The highest BCUT2D eigenvalue weighted by Gasteiger charge is 2.36. The number of benzene rings is 1. The molecule has 2 amide bonds. The van der Waals surface area contributed by atoms with Crippen LogP contribution in [0.15, 0.2) is 41.3 Å². The minimum Gasteiger partial charge on any atom is -0.468 e. The smallest absolute Gasteiger partial charge is 0.325 e. The van der Waals surface area contributed by atoms with Crippen LogP contribution in [-0.4, -0.2) is 40.6 Å². The largest absolute Gasteiger partial charge is 0.468 e. The molecule has 0 bridgehead atoms. The number of hydrogen-bond acceptors (Lipinski definition) is 7. The normalized spacial score (nSPS) is 16.2. The maximum absolute atomic E-state index is 12.1. The van der Waals surface area contributed by atoms with E-state index in [1.54, 1.807) is 18.2 Å². The third-order valence-electron chi connectivity index (χ3n) is 3.05. The van der Waals surface area contributed by atoms with Crippen molar-refractivity contribution < 1.29 is 24.0 Å². The number of carbonyl (C=O) groups is 3. The molecular formula is C15H12N2O6S. The molecule has 0 aliphatic carbocycles. The number of rotatable bonds is 5. The first-order valence-electron chi connectivity index (χ1n) is 6.66. The highest BCUT2D eigenvalue weighted by Crippen LogP contribution is 2.30. The van der Waals surface area contributed by atoms with Gasteiger partial charge < -0.3 is 4.74 Å². The second-order valence-corrected chi connectivity index (χ2v) is 5.53. The lowest BCUT2D eigenvalue weighted by Gasteiger charge is -2.09. The van der Waals surface area contributed by atoms with Crippen LogP contribution in [0.4, 0.5) is 10.5 Å². The van der Waals surface area contributed by atoms with Gasteiger partial charge in [0.2, 0.25) is 0 Å². The van der Waals surface area contributed by atoms with E-state index in [1.807, 2.05) is 0 Å². The van der Waals surface area contributed by atoms with Gasteiger partial charge in [-0.25, -0.2) is 0 Å². The molecule has 2 rings (SSSR count). The van der Waals surface area contributed by atoms with Crippen molar-refractivity contribution >= 4 is 40.6 Å². The molecule has 1 aromatic carbocycles. The average molecular weight is 348 g/mol. The number of methoxy groups -OCH3 is 1. The fourth-order valence-corrected chi connectivity index (χ4v) is 2.67. The van der Waals surface area contributed by atoms with Crippen LogP contribution in [0.5, 0.6) is 0 Å². The quantitative estimate of drug-likeness (QED) is 0.348. The minimum absolute atomic E-state index is 0.0686. The van der Waals surface area contributed by atoms with Crippen molar-refractivity contribution in [1.29, 1.82) is 0 Å². The van der Waals surface area contributed by atoms with Crippen LogP contribution in [0.2, 0.25) is 0 Å². The zero-order chi connectivity index (χ0) is 17.7. The average Bonchev–Trinajstić information content (AvgIpc) is 2.82. The number of allylic oxidation sites excluding steroid dienone is 2. The van der Waals surface area contributed by atoms with E-state index in [0.717, 1.165) is 12.0 Å². The molecule has 0 saturated carbocycles. The number of esters is 1. The third kappa shape index (κ3) is 3.87. The summed E-state index contributed by atoms with van der Waals surface area (Å²) in [5.74, 6) is -1.31. The number of para-hydroxylation sites is 1. The summed E-state index contributed by atoms with van der Waals surface area (Å²) in [6, 6.07) is 6.12. The van der Waals surface area contributed by atoms with Crippen molar-refractivity contribution in [2.24, 2.45) is 0 Å². The van der Waals surface area contributed by atoms with Crippen molar-refractivity contribution in [3.8, 4) is 0 Å². The van der Waals surface area contributed by atoms with E-state index in [-0.39, 0.29) is 10.6 Å². The Morgan fingerprint density at radius 2 is 2.08 bits per heavy atom.